The number of piperazine rings is 1. The van der Waals surface area contributed by atoms with Crippen molar-refractivity contribution in [1.29, 1.82) is 0 Å². The number of carbonyl (C=O) groups excluding carboxylic acids is 1. The molecular weight excluding hydrogens is 220 g/mol. The molecular formula is C12H22N2O3. The molecule has 2 aliphatic rings. The van der Waals surface area contributed by atoms with Crippen molar-refractivity contribution >= 4 is 5.91 Å². The molecule has 98 valence electrons. The lowest BCUT2D eigenvalue weighted by molar-refractivity contribution is -0.144. The molecule has 0 saturated carbocycles. The number of aliphatic hydroxyl groups is 1. The van der Waals surface area contributed by atoms with E-state index in [1.54, 1.807) is 0 Å². The number of rotatable bonds is 3. The number of hydrogen-bond acceptors (Lipinski definition) is 4. The molecule has 1 N–H and O–H groups in total. The Labute approximate surface area is 102 Å². The quantitative estimate of drug-likeness (QED) is 0.728. The summed E-state index contributed by atoms with van der Waals surface area (Å²) in [5, 5.41) is 8.86. The zero-order chi connectivity index (χ0) is 12.3. The van der Waals surface area contributed by atoms with E-state index in [4.69, 9.17) is 9.84 Å². The third-order valence-electron chi connectivity index (χ3n) is 3.73. The summed E-state index contributed by atoms with van der Waals surface area (Å²) in [6, 6.07) is 0. The Bertz CT molecular complexity index is 264. The lowest BCUT2D eigenvalue weighted by Gasteiger charge is -2.35. The van der Waals surface area contributed by atoms with Crippen LogP contribution in [0.4, 0.5) is 0 Å². The molecule has 17 heavy (non-hydrogen) atoms. The highest BCUT2D eigenvalue weighted by Crippen LogP contribution is 2.22. The van der Waals surface area contributed by atoms with Crippen LogP contribution in [0.5, 0.6) is 0 Å². The molecule has 0 aromatic heterocycles. The Morgan fingerprint density at radius 1 is 1.35 bits per heavy atom. The molecule has 2 saturated heterocycles. The predicted octanol–water partition coefficient (Wildman–Crippen LogP) is -0.452. The van der Waals surface area contributed by atoms with Gasteiger partial charge in [-0.3, -0.25) is 9.69 Å². The number of ether oxygens (including phenoxy) is 1. The Kier molecular flexibility index (Phi) is 4.36. The first-order valence-corrected chi connectivity index (χ1v) is 6.46. The first-order valence-electron chi connectivity index (χ1n) is 6.46. The normalized spacial score (nSPS) is 30.8. The molecule has 0 radical (unpaired) electrons. The summed E-state index contributed by atoms with van der Waals surface area (Å²) >= 11 is 0. The second kappa shape index (κ2) is 5.80. The zero-order valence-corrected chi connectivity index (χ0v) is 10.5. The van der Waals surface area contributed by atoms with Crippen molar-refractivity contribution in [3.05, 3.63) is 0 Å². The lowest BCUT2D eigenvalue weighted by Crippen LogP contribution is -2.52. The molecule has 2 fully saturated rings. The molecule has 0 bridgehead atoms. The molecule has 1 amide bonds. The Morgan fingerprint density at radius 3 is 2.59 bits per heavy atom. The van der Waals surface area contributed by atoms with Gasteiger partial charge in [0.25, 0.3) is 5.91 Å². The molecule has 2 atom stereocenters. The van der Waals surface area contributed by atoms with Gasteiger partial charge in [-0.15, -0.1) is 0 Å². The minimum Gasteiger partial charge on any atom is -0.395 e. The highest BCUT2D eigenvalue weighted by atomic mass is 16.5. The average Bonchev–Trinajstić information content (AvgIpc) is 2.76. The van der Waals surface area contributed by atoms with Crippen LogP contribution in [0.1, 0.15) is 13.3 Å². The number of hydrogen-bond donors (Lipinski definition) is 1. The summed E-state index contributed by atoms with van der Waals surface area (Å²) in [5.41, 5.74) is 0. The molecule has 0 aliphatic carbocycles. The second-order valence-electron chi connectivity index (χ2n) is 4.95. The van der Waals surface area contributed by atoms with Gasteiger partial charge in [0.2, 0.25) is 0 Å². The SMILES string of the molecule is CC1CCOC1C(=O)N1CCN(CCO)CC1. The summed E-state index contributed by atoms with van der Waals surface area (Å²) in [6.45, 7) is 6.91. The molecule has 5 nitrogen and oxygen atoms in total. The number of carbonyl (C=O) groups is 1. The van der Waals surface area contributed by atoms with Gasteiger partial charge in [0.15, 0.2) is 0 Å². The van der Waals surface area contributed by atoms with Gasteiger partial charge < -0.3 is 14.7 Å². The van der Waals surface area contributed by atoms with Gasteiger partial charge in [-0.25, -0.2) is 0 Å². The molecule has 0 aromatic rings. The van der Waals surface area contributed by atoms with Gasteiger partial charge in [-0.2, -0.15) is 0 Å². The topological polar surface area (TPSA) is 53.0 Å². The Balaban J connectivity index is 1.82. The molecule has 2 rings (SSSR count). The monoisotopic (exact) mass is 242 g/mol. The molecule has 2 aliphatic heterocycles. The molecule has 0 spiro atoms. The standard InChI is InChI=1S/C12H22N2O3/c1-10-2-9-17-11(10)12(16)14-5-3-13(4-6-14)7-8-15/h10-11,15H,2-9H2,1H3. The van der Waals surface area contributed by atoms with E-state index in [1.165, 1.54) is 0 Å². The number of nitrogens with zero attached hydrogens (tertiary/aromatic N) is 2. The third kappa shape index (κ3) is 2.97. The second-order valence-corrected chi connectivity index (χ2v) is 4.95. The van der Waals surface area contributed by atoms with Gasteiger partial charge in [0.1, 0.15) is 6.10 Å². The maximum atomic E-state index is 12.2. The van der Waals surface area contributed by atoms with Gasteiger partial charge in [-0.05, 0) is 12.3 Å². The largest absolute Gasteiger partial charge is 0.395 e. The number of aliphatic hydroxyl groups excluding tert-OH is 1. The highest BCUT2D eigenvalue weighted by molar-refractivity contribution is 5.81. The summed E-state index contributed by atoms with van der Waals surface area (Å²) in [7, 11) is 0. The van der Waals surface area contributed by atoms with Gasteiger partial charge in [-0.1, -0.05) is 6.92 Å². The third-order valence-corrected chi connectivity index (χ3v) is 3.73. The summed E-state index contributed by atoms with van der Waals surface area (Å²) in [5.74, 6) is 0.497. The van der Waals surface area contributed by atoms with Crippen molar-refractivity contribution < 1.29 is 14.6 Å². The van der Waals surface area contributed by atoms with E-state index in [2.05, 4.69) is 11.8 Å². The van der Waals surface area contributed by atoms with Crippen molar-refractivity contribution in [3.8, 4) is 0 Å². The summed E-state index contributed by atoms with van der Waals surface area (Å²) < 4.78 is 5.51. The van der Waals surface area contributed by atoms with Crippen LogP contribution in [0, 0.1) is 5.92 Å². The summed E-state index contributed by atoms with van der Waals surface area (Å²) in [4.78, 5) is 16.3. The molecule has 5 heteroatoms. The van der Waals surface area contributed by atoms with Crippen LogP contribution in [0.15, 0.2) is 0 Å². The fraction of sp³-hybridized carbons (Fsp3) is 0.917. The molecule has 2 heterocycles. The van der Waals surface area contributed by atoms with Crippen LogP contribution in [-0.4, -0.2) is 72.9 Å². The van der Waals surface area contributed by atoms with Crippen molar-refractivity contribution in [3.63, 3.8) is 0 Å². The lowest BCUT2D eigenvalue weighted by atomic mass is 10.0. The van der Waals surface area contributed by atoms with Crippen LogP contribution in [-0.2, 0) is 9.53 Å². The van der Waals surface area contributed by atoms with E-state index < -0.39 is 0 Å². The minimum absolute atomic E-state index is 0.152. The van der Waals surface area contributed by atoms with E-state index in [0.29, 0.717) is 19.1 Å². The highest BCUT2D eigenvalue weighted by Gasteiger charge is 2.34. The van der Waals surface area contributed by atoms with Crippen LogP contribution in [0.2, 0.25) is 0 Å². The van der Waals surface area contributed by atoms with Gasteiger partial charge >= 0.3 is 0 Å². The Hall–Kier alpha value is -0.650. The minimum atomic E-state index is -0.223. The fourth-order valence-electron chi connectivity index (χ4n) is 2.52. The van der Waals surface area contributed by atoms with Crippen LogP contribution in [0.25, 0.3) is 0 Å². The number of amides is 1. The summed E-state index contributed by atoms with van der Waals surface area (Å²) in [6.07, 6.45) is 0.764. The van der Waals surface area contributed by atoms with Gasteiger partial charge in [0.05, 0.1) is 6.61 Å². The maximum absolute atomic E-state index is 12.2. The zero-order valence-electron chi connectivity index (χ0n) is 10.5. The average molecular weight is 242 g/mol. The van der Waals surface area contributed by atoms with Crippen LogP contribution in [0.3, 0.4) is 0 Å². The smallest absolute Gasteiger partial charge is 0.252 e. The van der Waals surface area contributed by atoms with E-state index in [1.807, 2.05) is 4.90 Å². The van der Waals surface area contributed by atoms with Crippen LogP contribution < -0.4 is 0 Å². The van der Waals surface area contributed by atoms with Gasteiger partial charge in [0, 0.05) is 39.3 Å². The maximum Gasteiger partial charge on any atom is 0.252 e. The predicted molar refractivity (Wildman–Crippen MR) is 63.6 cm³/mol. The molecule has 0 aromatic carbocycles. The van der Waals surface area contributed by atoms with Crippen molar-refractivity contribution in [2.24, 2.45) is 5.92 Å². The van der Waals surface area contributed by atoms with Crippen molar-refractivity contribution in [2.45, 2.75) is 19.4 Å². The van der Waals surface area contributed by atoms with E-state index in [0.717, 1.165) is 32.6 Å². The van der Waals surface area contributed by atoms with E-state index in [9.17, 15) is 4.79 Å². The Morgan fingerprint density at radius 2 is 2.06 bits per heavy atom. The van der Waals surface area contributed by atoms with Crippen molar-refractivity contribution in [2.75, 3.05) is 45.9 Å². The number of β-amino-alcohol motifs (C(OH)–C–C–N with tert-alkyl or cyclic N) is 1. The fourth-order valence-corrected chi connectivity index (χ4v) is 2.52. The first kappa shape index (κ1) is 12.8. The van der Waals surface area contributed by atoms with E-state index in [-0.39, 0.29) is 18.6 Å². The van der Waals surface area contributed by atoms with Crippen LogP contribution >= 0.6 is 0 Å². The molecule has 2 unspecified atom stereocenters. The van der Waals surface area contributed by atoms with E-state index >= 15 is 0 Å². The first-order chi connectivity index (χ1) is 8.22. The van der Waals surface area contributed by atoms with Crippen molar-refractivity contribution in [1.82, 2.24) is 9.80 Å².